The number of ether oxygens (including phenoxy) is 1. The van der Waals surface area contributed by atoms with Crippen LogP contribution in [-0.2, 0) is 16.0 Å². The van der Waals surface area contributed by atoms with Gasteiger partial charge in [-0.1, -0.05) is 67.9 Å². The van der Waals surface area contributed by atoms with Gasteiger partial charge in [0.1, 0.15) is 6.04 Å². The summed E-state index contributed by atoms with van der Waals surface area (Å²) in [6, 6.07) is 24.3. The fraction of sp³-hybridized carbons (Fsp3) is 0.273. The maximum Gasteiger partial charge on any atom is 0.323 e. The highest BCUT2D eigenvalue weighted by atomic mass is 35.5. The van der Waals surface area contributed by atoms with Crippen LogP contribution in [0.3, 0.4) is 0 Å². The number of carbonyl (C=O) groups is 1. The number of methoxy groups -OCH3 is 1. The second-order valence-corrected chi connectivity index (χ2v) is 11.2. The molecule has 6 rings (SSSR count). The van der Waals surface area contributed by atoms with Crippen LogP contribution in [0.1, 0.15) is 48.2 Å². The summed E-state index contributed by atoms with van der Waals surface area (Å²) in [5.74, 6) is 0.223. The first-order valence-electron chi connectivity index (χ1n) is 13.8. The molecule has 0 saturated heterocycles. The molecule has 0 saturated carbocycles. The van der Waals surface area contributed by atoms with Crippen molar-refractivity contribution in [2.24, 2.45) is 0 Å². The highest BCUT2D eigenvalue weighted by Gasteiger charge is 2.41. The Morgan fingerprint density at radius 2 is 1.90 bits per heavy atom. The Balaban J connectivity index is 1.39. The second kappa shape index (κ2) is 11.0. The van der Waals surface area contributed by atoms with Crippen LogP contribution in [0.5, 0.6) is 0 Å². The molecule has 2 atom stereocenters. The number of carbonyl (C=O) groups excluding carboxylic acids is 1. The Hall–Kier alpha value is -3.87. The number of halogens is 1. The summed E-state index contributed by atoms with van der Waals surface area (Å²) in [5, 5.41) is 6.42. The summed E-state index contributed by atoms with van der Waals surface area (Å²) in [7, 11) is 1.48. The first-order valence-corrected chi connectivity index (χ1v) is 14.1. The largest absolute Gasteiger partial charge is 0.468 e. The van der Waals surface area contributed by atoms with Gasteiger partial charge >= 0.3 is 5.97 Å². The van der Waals surface area contributed by atoms with Gasteiger partial charge in [-0.2, -0.15) is 0 Å². The summed E-state index contributed by atoms with van der Waals surface area (Å²) >= 11 is 6.19. The molecule has 1 aliphatic rings. The number of H-pyrrole nitrogens is 1. The molecule has 204 valence electrons. The van der Waals surface area contributed by atoms with E-state index >= 15 is 0 Å². The fourth-order valence-corrected chi connectivity index (χ4v) is 6.15. The fourth-order valence-electron chi connectivity index (χ4n) is 5.99. The number of anilines is 1. The van der Waals surface area contributed by atoms with E-state index in [1.54, 1.807) is 6.20 Å². The van der Waals surface area contributed by atoms with Crippen molar-refractivity contribution in [1.29, 1.82) is 0 Å². The van der Waals surface area contributed by atoms with Gasteiger partial charge in [0.2, 0.25) is 0 Å². The van der Waals surface area contributed by atoms with E-state index in [4.69, 9.17) is 16.3 Å². The van der Waals surface area contributed by atoms with Crippen LogP contribution in [-0.4, -0.2) is 47.1 Å². The summed E-state index contributed by atoms with van der Waals surface area (Å²) in [5.41, 5.74) is 7.68. The maximum absolute atomic E-state index is 13.3. The Bertz CT molecular complexity index is 1680. The van der Waals surface area contributed by atoms with Gasteiger partial charge < -0.3 is 15.0 Å². The van der Waals surface area contributed by atoms with E-state index in [1.807, 2.05) is 30.3 Å². The number of esters is 1. The Kier molecular flexibility index (Phi) is 7.22. The average molecular weight is 553 g/mol. The van der Waals surface area contributed by atoms with Crippen molar-refractivity contribution in [3.63, 3.8) is 0 Å². The lowest BCUT2D eigenvalue weighted by atomic mass is 9.87. The van der Waals surface area contributed by atoms with Crippen LogP contribution in [0.4, 0.5) is 5.69 Å². The molecule has 2 aromatic heterocycles. The lowest BCUT2D eigenvalue weighted by Crippen LogP contribution is -2.50. The van der Waals surface area contributed by atoms with E-state index in [-0.39, 0.29) is 12.0 Å². The van der Waals surface area contributed by atoms with Crippen molar-refractivity contribution in [3.8, 4) is 0 Å². The smallest absolute Gasteiger partial charge is 0.323 e. The van der Waals surface area contributed by atoms with Crippen LogP contribution < -0.4 is 5.32 Å². The van der Waals surface area contributed by atoms with Gasteiger partial charge in [-0.15, -0.1) is 0 Å². The van der Waals surface area contributed by atoms with Crippen molar-refractivity contribution >= 4 is 45.1 Å². The SMILES string of the molecule is COC(=O)[C@@H]1Cc2c([nH]c3ccccc23)[C@H](c2ccc(C(C)C)cc2)N1CCNc1ccnc2cc(Cl)ccc12. The van der Waals surface area contributed by atoms with E-state index in [2.05, 4.69) is 76.5 Å². The number of pyridine rings is 1. The van der Waals surface area contributed by atoms with Gasteiger partial charge in [-0.25, -0.2) is 0 Å². The standard InChI is InChI=1S/C33H33ClN4O2/c1-20(2)21-8-10-22(11-9-21)32-31-26(24-6-4-5-7-28(24)37-31)19-30(33(39)40-3)38(32)17-16-36-27-14-15-35-29-18-23(34)12-13-25(27)29/h4-15,18,20,30,32,37H,16-17,19H2,1-3H3,(H,35,36)/t30-,32-/m0/s1. The zero-order chi connectivity index (χ0) is 27.8. The minimum absolute atomic E-state index is 0.128. The molecule has 1 aliphatic heterocycles. The Morgan fingerprint density at radius 3 is 2.67 bits per heavy atom. The average Bonchev–Trinajstić information content (AvgIpc) is 3.34. The van der Waals surface area contributed by atoms with Crippen molar-refractivity contribution < 1.29 is 9.53 Å². The molecular formula is C33H33ClN4O2. The maximum atomic E-state index is 13.3. The number of para-hydroxylation sites is 1. The third-order valence-corrected chi connectivity index (χ3v) is 8.27. The highest BCUT2D eigenvalue weighted by molar-refractivity contribution is 6.31. The minimum atomic E-state index is -0.415. The molecule has 5 aromatic rings. The molecule has 40 heavy (non-hydrogen) atoms. The third kappa shape index (κ3) is 4.82. The molecule has 2 N–H and O–H groups in total. The Labute approximate surface area is 239 Å². The van der Waals surface area contributed by atoms with Crippen LogP contribution >= 0.6 is 11.6 Å². The lowest BCUT2D eigenvalue weighted by molar-refractivity contribution is -0.148. The van der Waals surface area contributed by atoms with Crippen molar-refractivity contribution in [1.82, 2.24) is 14.9 Å². The predicted molar refractivity (Wildman–Crippen MR) is 162 cm³/mol. The van der Waals surface area contributed by atoms with Crippen molar-refractivity contribution in [2.45, 2.75) is 38.3 Å². The molecule has 0 radical (unpaired) electrons. The minimum Gasteiger partial charge on any atom is -0.468 e. The first kappa shape index (κ1) is 26.4. The van der Waals surface area contributed by atoms with E-state index in [0.717, 1.165) is 38.8 Å². The zero-order valence-electron chi connectivity index (χ0n) is 22.9. The Morgan fingerprint density at radius 1 is 1.10 bits per heavy atom. The lowest BCUT2D eigenvalue weighted by Gasteiger charge is -2.41. The molecule has 0 unspecified atom stereocenters. The third-order valence-electron chi connectivity index (χ3n) is 8.03. The molecular weight excluding hydrogens is 520 g/mol. The van der Waals surface area contributed by atoms with Crippen molar-refractivity contribution in [2.75, 3.05) is 25.5 Å². The molecule has 3 heterocycles. The van der Waals surface area contributed by atoms with E-state index in [0.29, 0.717) is 30.5 Å². The summed E-state index contributed by atoms with van der Waals surface area (Å²) in [6.07, 6.45) is 2.37. The number of nitrogens with one attached hydrogen (secondary N) is 2. The molecule has 0 amide bonds. The summed E-state index contributed by atoms with van der Waals surface area (Å²) < 4.78 is 5.36. The number of benzene rings is 3. The molecule has 3 aromatic carbocycles. The van der Waals surface area contributed by atoms with E-state index < -0.39 is 6.04 Å². The van der Waals surface area contributed by atoms with Crippen LogP contribution in [0.25, 0.3) is 21.8 Å². The quantitative estimate of drug-likeness (QED) is 0.211. The first-order chi connectivity index (χ1) is 19.4. The monoisotopic (exact) mass is 552 g/mol. The number of rotatable bonds is 7. The van der Waals surface area contributed by atoms with E-state index in [1.165, 1.54) is 18.2 Å². The predicted octanol–water partition coefficient (Wildman–Crippen LogP) is 7.09. The van der Waals surface area contributed by atoms with E-state index in [9.17, 15) is 4.79 Å². The summed E-state index contributed by atoms with van der Waals surface area (Å²) in [4.78, 5) is 23.7. The van der Waals surface area contributed by atoms with Gasteiger partial charge in [0.05, 0.1) is 18.7 Å². The second-order valence-electron chi connectivity index (χ2n) is 10.7. The van der Waals surface area contributed by atoms with Gasteiger partial charge in [0.15, 0.2) is 0 Å². The number of aromatic amines is 1. The van der Waals surface area contributed by atoms with Gasteiger partial charge in [-0.05, 0) is 52.9 Å². The zero-order valence-corrected chi connectivity index (χ0v) is 23.7. The normalized spacial score (nSPS) is 17.3. The van der Waals surface area contributed by atoms with Gasteiger partial charge in [0.25, 0.3) is 0 Å². The topological polar surface area (TPSA) is 70.2 Å². The van der Waals surface area contributed by atoms with Gasteiger partial charge in [0, 0.05) is 58.4 Å². The molecule has 6 nitrogen and oxygen atoms in total. The summed E-state index contributed by atoms with van der Waals surface area (Å²) in [6.45, 7) is 5.66. The number of nitrogens with zero attached hydrogens (tertiary/aromatic N) is 2. The molecule has 0 bridgehead atoms. The number of aromatic nitrogens is 2. The number of hydrogen-bond donors (Lipinski definition) is 2. The molecule has 0 fully saturated rings. The highest BCUT2D eigenvalue weighted by Crippen LogP contribution is 2.41. The van der Waals surface area contributed by atoms with Crippen LogP contribution in [0.2, 0.25) is 5.02 Å². The van der Waals surface area contributed by atoms with Crippen molar-refractivity contribution in [3.05, 3.63) is 106 Å². The number of hydrogen-bond acceptors (Lipinski definition) is 5. The van der Waals surface area contributed by atoms with Crippen LogP contribution in [0, 0.1) is 0 Å². The van der Waals surface area contributed by atoms with Crippen LogP contribution in [0.15, 0.2) is 79.0 Å². The molecule has 7 heteroatoms. The number of fused-ring (bicyclic) bond motifs is 4. The molecule has 0 aliphatic carbocycles. The molecule has 0 spiro atoms. The van der Waals surface area contributed by atoms with Gasteiger partial charge in [-0.3, -0.25) is 14.7 Å².